The van der Waals surface area contributed by atoms with Gasteiger partial charge in [0, 0.05) is 0 Å². The topological polar surface area (TPSA) is 83.5 Å². The SMILES string of the molecule is CC(C)(C)c1ccc(-c2ccc([S+](c3ccccc3)c3ccc(C(=O)OC(C(F)(F)F)C(F)(F)S(=O)(=O)[O-])cc3)cc2)cc1. The van der Waals surface area contributed by atoms with Crippen molar-refractivity contribution >= 4 is 27.0 Å². The summed E-state index contributed by atoms with van der Waals surface area (Å²) in [4.78, 5) is 14.8. The quantitative estimate of drug-likeness (QED) is 0.0836. The first-order valence-corrected chi connectivity index (χ1v) is 15.7. The Morgan fingerprint density at radius 3 is 1.57 bits per heavy atom. The van der Waals surface area contributed by atoms with Crippen LogP contribution in [0.3, 0.4) is 0 Å². The number of halogens is 5. The van der Waals surface area contributed by atoms with Gasteiger partial charge in [0.05, 0.1) is 16.5 Å². The van der Waals surface area contributed by atoms with E-state index in [2.05, 4.69) is 49.8 Å². The highest BCUT2D eigenvalue weighted by atomic mass is 32.2. The summed E-state index contributed by atoms with van der Waals surface area (Å²) in [5.74, 6) is -1.87. The van der Waals surface area contributed by atoms with E-state index in [1.165, 1.54) is 17.7 Å². The molecule has 0 bridgehead atoms. The van der Waals surface area contributed by atoms with E-state index in [9.17, 15) is 39.7 Å². The summed E-state index contributed by atoms with van der Waals surface area (Å²) in [5, 5.41) is -5.93. The lowest BCUT2D eigenvalue weighted by Gasteiger charge is -2.29. The molecule has 4 aromatic rings. The van der Waals surface area contributed by atoms with Gasteiger partial charge in [0.1, 0.15) is 0 Å². The summed E-state index contributed by atoms with van der Waals surface area (Å²) in [7, 11) is -7.54. The number of benzene rings is 4. The zero-order valence-corrected chi connectivity index (χ0v) is 25.3. The van der Waals surface area contributed by atoms with Gasteiger partial charge in [-0.3, -0.25) is 0 Å². The van der Waals surface area contributed by atoms with Crippen molar-refractivity contribution in [3.05, 3.63) is 114 Å². The molecule has 0 saturated heterocycles. The zero-order chi connectivity index (χ0) is 32.5. The van der Waals surface area contributed by atoms with Crippen LogP contribution in [0.1, 0.15) is 36.7 Å². The van der Waals surface area contributed by atoms with Crippen molar-refractivity contribution in [2.75, 3.05) is 0 Å². The second-order valence-electron chi connectivity index (χ2n) is 10.8. The van der Waals surface area contributed by atoms with E-state index in [0.717, 1.165) is 33.1 Å². The Balaban J connectivity index is 1.63. The maximum absolute atomic E-state index is 13.8. The Morgan fingerprint density at radius 1 is 0.705 bits per heavy atom. The second-order valence-corrected chi connectivity index (χ2v) is 14.3. The first-order chi connectivity index (χ1) is 20.4. The summed E-state index contributed by atoms with van der Waals surface area (Å²) in [6, 6.07) is 30.5. The van der Waals surface area contributed by atoms with Crippen molar-refractivity contribution in [1.82, 2.24) is 0 Å². The Bertz CT molecular complexity index is 1700. The fourth-order valence-corrected chi connectivity index (χ4v) is 6.78. The van der Waals surface area contributed by atoms with E-state index >= 15 is 0 Å². The molecule has 44 heavy (non-hydrogen) atoms. The number of hydrogen-bond acceptors (Lipinski definition) is 5. The minimum absolute atomic E-state index is 0.0153. The minimum Gasteiger partial charge on any atom is -0.743 e. The predicted octanol–water partition coefficient (Wildman–Crippen LogP) is 7.97. The first kappa shape index (κ1) is 33.2. The molecular formula is C32H27F5O5S2. The fourth-order valence-electron chi connectivity index (χ4n) is 4.27. The number of carbonyl (C=O) groups is 1. The monoisotopic (exact) mass is 650 g/mol. The standard InChI is InChI=1S/C32H27F5O5S2/c1-30(2,3)24-15-9-21(10-16-24)22-11-17-26(18-12-22)43(25-7-5-4-6-8-25)27-19-13-23(14-20-27)28(38)42-29(31(33,34)35)32(36,37)44(39,40)41/h4-20,29H,1-3H3. The normalized spacial score (nSPS) is 14.1. The van der Waals surface area contributed by atoms with Gasteiger partial charge in [0.2, 0.25) is 0 Å². The van der Waals surface area contributed by atoms with Crippen molar-refractivity contribution in [2.24, 2.45) is 0 Å². The van der Waals surface area contributed by atoms with Crippen molar-refractivity contribution in [1.29, 1.82) is 0 Å². The Kier molecular flexibility index (Phi) is 9.30. The molecule has 12 heteroatoms. The molecular weight excluding hydrogens is 623 g/mol. The molecule has 0 radical (unpaired) electrons. The summed E-state index contributed by atoms with van der Waals surface area (Å²) in [6.07, 6.45) is -10.5. The highest BCUT2D eigenvalue weighted by Gasteiger charge is 2.63. The van der Waals surface area contributed by atoms with Gasteiger partial charge in [-0.25, -0.2) is 13.2 Å². The number of ether oxygens (including phenoxy) is 1. The maximum atomic E-state index is 13.8. The Morgan fingerprint density at radius 2 is 1.14 bits per heavy atom. The number of esters is 1. The Hall–Kier alpha value is -3.74. The van der Waals surface area contributed by atoms with Crippen LogP contribution in [-0.4, -0.2) is 36.5 Å². The number of rotatable bonds is 8. The highest BCUT2D eigenvalue weighted by molar-refractivity contribution is 7.97. The second kappa shape index (κ2) is 12.3. The predicted molar refractivity (Wildman–Crippen MR) is 156 cm³/mol. The van der Waals surface area contributed by atoms with Gasteiger partial charge in [-0.2, -0.15) is 22.0 Å². The van der Waals surface area contributed by atoms with E-state index in [0.29, 0.717) is 4.90 Å². The van der Waals surface area contributed by atoms with Crippen molar-refractivity contribution in [2.45, 2.75) is 58.4 Å². The third-order valence-electron chi connectivity index (χ3n) is 6.64. The van der Waals surface area contributed by atoms with Gasteiger partial charge in [-0.05, 0) is 82.8 Å². The van der Waals surface area contributed by atoms with Gasteiger partial charge in [-0.15, -0.1) is 0 Å². The maximum Gasteiger partial charge on any atom is 0.432 e. The van der Waals surface area contributed by atoms with Crippen LogP contribution < -0.4 is 0 Å². The lowest BCUT2D eigenvalue weighted by Crippen LogP contribution is -2.52. The van der Waals surface area contributed by atoms with E-state index in [1.807, 2.05) is 54.6 Å². The summed E-state index contributed by atoms with van der Waals surface area (Å²) in [6.45, 7) is 6.41. The van der Waals surface area contributed by atoms with E-state index in [-0.39, 0.29) is 5.41 Å². The minimum atomic E-state index is -6.80. The molecule has 5 nitrogen and oxygen atoms in total. The molecule has 4 aromatic carbocycles. The van der Waals surface area contributed by atoms with Gasteiger partial charge in [0.25, 0.3) is 6.10 Å². The van der Waals surface area contributed by atoms with Gasteiger partial charge >= 0.3 is 17.4 Å². The first-order valence-electron chi connectivity index (χ1n) is 13.1. The number of carbonyl (C=O) groups excluding carboxylic acids is 1. The van der Waals surface area contributed by atoms with Gasteiger partial charge < -0.3 is 9.29 Å². The van der Waals surface area contributed by atoms with E-state index in [4.69, 9.17) is 0 Å². The van der Waals surface area contributed by atoms with Crippen LogP contribution in [-0.2, 0) is 31.2 Å². The smallest absolute Gasteiger partial charge is 0.432 e. The molecule has 0 amide bonds. The molecule has 4 rings (SSSR count). The third kappa shape index (κ3) is 7.31. The molecule has 0 spiro atoms. The van der Waals surface area contributed by atoms with Crippen LogP contribution in [0, 0.1) is 0 Å². The van der Waals surface area contributed by atoms with Crippen molar-refractivity contribution < 1.29 is 44.5 Å². The fraction of sp³-hybridized carbons (Fsp3) is 0.219. The largest absolute Gasteiger partial charge is 0.743 e. The summed E-state index contributed by atoms with van der Waals surface area (Å²) < 4.78 is 104. The molecule has 0 N–H and O–H groups in total. The average molecular weight is 651 g/mol. The lowest BCUT2D eigenvalue weighted by atomic mass is 9.86. The van der Waals surface area contributed by atoms with Crippen LogP contribution in [0.25, 0.3) is 11.1 Å². The van der Waals surface area contributed by atoms with E-state index in [1.54, 1.807) is 0 Å². The number of hydrogen-bond donors (Lipinski definition) is 0. The summed E-state index contributed by atoms with van der Waals surface area (Å²) >= 11 is 0. The van der Waals surface area contributed by atoms with Crippen molar-refractivity contribution in [3.63, 3.8) is 0 Å². The molecule has 2 unspecified atom stereocenters. The van der Waals surface area contributed by atoms with Gasteiger partial charge in [-0.1, -0.05) is 63.2 Å². The molecule has 232 valence electrons. The zero-order valence-electron chi connectivity index (χ0n) is 23.6. The molecule has 0 saturated carbocycles. The molecule has 0 aliphatic carbocycles. The molecule has 0 heterocycles. The molecule has 0 aromatic heterocycles. The van der Waals surface area contributed by atoms with Crippen LogP contribution in [0.5, 0.6) is 0 Å². The third-order valence-corrected chi connectivity index (χ3v) is 9.75. The summed E-state index contributed by atoms with van der Waals surface area (Å²) in [5.41, 5.74) is 2.68. The Labute approximate surface area is 254 Å². The molecule has 0 fully saturated rings. The highest BCUT2D eigenvalue weighted by Crippen LogP contribution is 2.39. The van der Waals surface area contributed by atoms with Crippen molar-refractivity contribution in [3.8, 4) is 11.1 Å². The van der Waals surface area contributed by atoms with Crippen LogP contribution in [0.15, 0.2) is 118 Å². The lowest BCUT2D eigenvalue weighted by molar-refractivity contribution is -0.248. The average Bonchev–Trinajstić information content (AvgIpc) is 2.95. The van der Waals surface area contributed by atoms with E-state index < -0.39 is 50.1 Å². The molecule has 0 aliphatic rings. The van der Waals surface area contributed by atoms with Crippen LogP contribution in [0.2, 0.25) is 0 Å². The van der Waals surface area contributed by atoms with Gasteiger partial charge in [0.15, 0.2) is 24.8 Å². The molecule has 0 aliphatic heterocycles. The molecule has 2 atom stereocenters. The number of alkyl halides is 5. The van der Waals surface area contributed by atoms with Crippen LogP contribution in [0.4, 0.5) is 22.0 Å². The van der Waals surface area contributed by atoms with Crippen LogP contribution >= 0.6 is 0 Å².